The van der Waals surface area contributed by atoms with E-state index in [1.165, 1.54) is 24.3 Å². The van der Waals surface area contributed by atoms with E-state index < -0.39 is 11.7 Å². The van der Waals surface area contributed by atoms with Crippen molar-refractivity contribution in [2.45, 2.75) is 6.42 Å². The van der Waals surface area contributed by atoms with Gasteiger partial charge in [-0.1, -0.05) is 11.6 Å². The lowest BCUT2D eigenvalue weighted by molar-refractivity contribution is -0.124. The molecule has 1 saturated heterocycles. The lowest BCUT2D eigenvalue weighted by atomic mass is 10.1. The van der Waals surface area contributed by atoms with Crippen molar-refractivity contribution in [1.82, 2.24) is 5.32 Å². The Labute approximate surface area is 95.9 Å². The summed E-state index contributed by atoms with van der Waals surface area (Å²) in [5, 5.41) is 2.39. The molecule has 5 heteroatoms. The average Bonchev–Trinajstić information content (AvgIpc) is 2.43. The van der Waals surface area contributed by atoms with Gasteiger partial charge in [0.2, 0.25) is 5.91 Å². The molecule has 1 N–H and O–H groups in total. The molecule has 1 aliphatic heterocycles. The smallest absolute Gasteiger partial charge is 0.254 e. The summed E-state index contributed by atoms with van der Waals surface area (Å²) in [7, 11) is 0. The Bertz CT molecular complexity index is 490. The normalized spacial score (nSPS) is 18.0. The maximum absolute atomic E-state index is 13.0. The summed E-state index contributed by atoms with van der Waals surface area (Å²) in [5.41, 5.74) is 0.775. The minimum Gasteiger partial charge on any atom is -0.292 e. The first-order valence-electron chi connectivity index (χ1n) is 4.55. The van der Waals surface area contributed by atoms with E-state index in [1.54, 1.807) is 0 Å². The molecule has 0 aromatic heterocycles. The predicted octanol–water partition coefficient (Wildman–Crippen LogP) is 1.91. The van der Waals surface area contributed by atoms with Crippen LogP contribution in [-0.2, 0) is 9.59 Å². The summed E-state index contributed by atoms with van der Waals surface area (Å²) in [6, 6.07) is 3.94. The molecule has 0 atom stereocenters. The van der Waals surface area contributed by atoms with Gasteiger partial charge in [0.25, 0.3) is 5.91 Å². The van der Waals surface area contributed by atoms with Crippen LogP contribution in [0.3, 0.4) is 0 Å². The van der Waals surface area contributed by atoms with Crippen LogP contribution in [0.15, 0.2) is 23.8 Å². The number of nitrogens with one attached hydrogen (secondary N) is 1. The number of carbonyl (C=O) groups is 2. The Morgan fingerprint density at radius 2 is 2.06 bits per heavy atom. The number of halogens is 2. The minimum atomic E-state index is -0.482. The number of benzene rings is 1. The van der Waals surface area contributed by atoms with E-state index in [0.29, 0.717) is 11.1 Å². The van der Waals surface area contributed by atoms with Crippen LogP contribution in [0.25, 0.3) is 6.08 Å². The van der Waals surface area contributed by atoms with Gasteiger partial charge in [0.05, 0.1) is 6.42 Å². The number of hydrogen-bond acceptors (Lipinski definition) is 2. The van der Waals surface area contributed by atoms with Crippen molar-refractivity contribution in [2.24, 2.45) is 0 Å². The van der Waals surface area contributed by atoms with E-state index >= 15 is 0 Å². The maximum atomic E-state index is 13.0. The molecule has 3 nitrogen and oxygen atoms in total. The molecule has 0 spiro atoms. The number of imide groups is 1. The highest BCUT2D eigenvalue weighted by molar-refractivity contribution is 6.30. The molecule has 16 heavy (non-hydrogen) atoms. The Balaban J connectivity index is 2.36. The SMILES string of the molecule is O=C1C/C(=C/c2cc(F)cc(Cl)c2)C(=O)N1. The second kappa shape index (κ2) is 4.06. The van der Waals surface area contributed by atoms with Crippen molar-refractivity contribution >= 4 is 29.5 Å². The van der Waals surface area contributed by atoms with Gasteiger partial charge in [-0.05, 0) is 29.8 Å². The standard InChI is InChI=1S/C11H7ClFNO2/c12-8-2-6(3-9(13)5-8)1-7-4-10(15)14-11(7)16/h1-3,5H,4H2,(H,14,15,16)/b7-1-. The molecule has 0 bridgehead atoms. The average molecular weight is 240 g/mol. The van der Waals surface area contributed by atoms with Crippen LogP contribution in [0.2, 0.25) is 5.02 Å². The van der Waals surface area contributed by atoms with Gasteiger partial charge in [-0.2, -0.15) is 0 Å². The summed E-state index contributed by atoms with van der Waals surface area (Å²) in [5.74, 6) is -1.27. The fraction of sp³-hybridized carbons (Fsp3) is 0.0909. The van der Waals surface area contributed by atoms with Crippen LogP contribution in [0.5, 0.6) is 0 Å². The van der Waals surface area contributed by atoms with Crippen molar-refractivity contribution in [3.63, 3.8) is 0 Å². The van der Waals surface area contributed by atoms with Crippen LogP contribution in [0, 0.1) is 5.82 Å². The third-order valence-electron chi connectivity index (χ3n) is 2.12. The monoisotopic (exact) mass is 239 g/mol. The Morgan fingerprint density at radius 1 is 1.31 bits per heavy atom. The Morgan fingerprint density at radius 3 is 2.62 bits per heavy atom. The van der Waals surface area contributed by atoms with Crippen molar-refractivity contribution < 1.29 is 14.0 Å². The third-order valence-corrected chi connectivity index (χ3v) is 2.34. The second-order valence-corrected chi connectivity index (χ2v) is 3.86. The van der Waals surface area contributed by atoms with E-state index in [-0.39, 0.29) is 17.4 Å². The highest BCUT2D eigenvalue weighted by Gasteiger charge is 2.23. The molecular weight excluding hydrogens is 233 g/mol. The van der Waals surface area contributed by atoms with Gasteiger partial charge in [0, 0.05) is 10.6 Å². The Hall–Kier alpha value is -1.68. The maximum Gasteiger partial charge on any atom is 0.254 e. The lowest BCUT2D eigenvalue weighted by Gasteiger charge is -1.97. The van der Waals surface area contributed by atoms with Crippen LogP contribution >= 0.6 is 11.6 Å². The van der Waals surface area contributed by atoms with Crippen LogP contribution < -0.4 is 5.32 Å². The summed E-state index contributed by atoms with van der Waals surface area (Å²) in [4.78, 5) is 22.1. The number of amides is 2. The van der Waals surface area contributed by atoms with Crippen LogP contribution in [0.4, 0.5) is 4.39 Å². The highest BCUT2D eigenvalue weighted by Crippen LogP contribution is 2.19. The predicted molar refractivity (Wildman–Crippen MR) is 57.2 cm³/mol. The summed E-state index contributed by atoms with van der Waals surface area (Å²) < 4.78 is 13.0. The molecule has 1 aromatic rings. The second-order valence-electron chi connectivity index (χ2n) is 3.43. The molecule has 1 heterocycles. The van der Waals surface area contributed by atoms with E-state index in [4.69, 9.17) is 11.6 Å². The molecule has 82 valence electrons. The fourth-order valence-electron chi connectivity index (χ4n) is 1.48. The van der Waals surface area contributed by atoms with Crippen LogP contribution in [-0.4, -0.2) is 11.8 Å². The molecule has 1 aliphatic rings. The summed E-state index contributed by atoms with van der Waals surface area (Å²) >= 11 is 5.66. The third kappa shape index (κ3) is 2.28. The molecular formula is C11H7ClFNO2. The quantitative estimate of drug-likeness (QED) is 0.601. The van der Waals surface area contributed by atoms with Gasteiger partial charge in [0.15, 0.2) is 0 Å². The van der Waals surface area contributed by atoms with E-state index in [0.717, 1.165) is 0 Å². The van der Waals surface area contributed by atoms with Gasteiger partial charge >= 0.3 is 0 Å². The van der Waals surface area contributed by atoms with Gasteiger partial charge < -0.3 is 0 Å². The molecule has 0 radical (unpaired) electrons. The van der Waals surface area contributed by atoms with E-state index in [2.05, 4.69) is 5.32 Å². The molecule has 2 amide bonds. The van der Waals surface area contributed by atoms with Crippen LogP contribution in [0.1, 0.15) is 12.0 Å². The lowest BCUT2D eigenvalue weighted by Crippen LogP contribution is -2.19. The van der Waals surface area contributed by atoms with Crippen molar-refractivity contribution in [3.05, 3.63) is 40.2 Å². The van der Waals surface area contributed by atoms with Gasteiger partial charge in [0.1, 0.15) is 5.82 Å². The van der Waals surface area contributed by atoms with Gasteiger partial charge in [-0.3, -0.25) is 14.9 Å². The van der Waals surface area contributed by atoms with Gasteiger partial charge in [-0.25, -0.2) is 4.39 Å². The number of carbonyl (C=O) groups excluding carboxylic acids is 2. The van der Waals surface area contributed by atoms with E-state index in [9.17, 15) is 14.0 Å². The fourth-order valence-corrected chi connectivity index (χ4v) is 1.71. The first kappa shape index (κ1) is 10.8. The minimum absolute atomic E-state index is 0.0208. The first-order valence-corrected chi connectivity index (χ1v) is 4.93. The Kier molecular flexibility index (Phi) is 2.75. The van der Waals surface area contributed by atoms with Crippen molar-refractivity contribution in [1.29, 1.82) is 0 Å². The first-order chi connectivity index (χ1) is 7.54. The summed E-state index contributed by atoms with van der Waals surface area (Å²) in [6.45, 7) is 0. The van der Waals surface area contributed by atoms with Crippen molar-refractivity contribution in [2.75, 3.05) is 0 Å². The zero-order chi connectivity index (χ0) is 11.7. The molecule has 1 aromatic carbocycles. The molecule has 2 rings (SSSR count). The highest BCUT2D eigenvalue weighted by atomic mass is 35.5. The van der Waals surface area contributed by atoms with Gasteiger partial charge in [-0.15, -0.1) is 0 Å². The largest absolute Gasteiger partial charge is 0.292 e. The van der Waals surface area contributed by atoms with E-state index in [1.807, 2.05) is 0 Å². The van der Waals surface area contributed by atoms with Crippen molar-refractivity contribution in [3.8, 4) is 0 Å². The zero-order valence-electron chi connectivity index (χ0n) is 8.09. The number of rotatable bonds is 1. The molecule has 0 unspecified atom stereocenters. The molecule has 0 aliphatic carbocycles. The topological polar surface area (TPSA) is 46.2 Å². The molecule has 0 saturated carbocycles. The summed E-state index contributed by atoms with van der Waals surface area (Å²) in [6.07, 6.45) is 1.47. The zero-order valence-corrected chi connectivity index (χ0v) is 8.84. The number of hydrogen-bond donors (Lipinski definition) is 1. The molecule has 1 fully saturated rings.